The second kappa shape index (κ2) is 6.92. The average Bonchev–Trinajstić information content (AvgIpc) is 2.76. The van der Waals surface area contributed by atoms with Crippen LogP contribution in [0.15, 0.2) is 30.3 Å². The van der Waals surface area contributed by atoms with Crippen LogP contribution >= 0.6 is 11.8 Å². The highest BCUT2D eigenvalue weighted by molar-refractivity contribution is 8.00. The molecule has 1 aliphatic heterocycles. The summed E-state index contributed by atoms with van der Waals surface area (Å²) < 4.78 is 5.65. The molecule has 0 spiro atoms. The molecule has 2 nitrogen and oxygen atoms in total. The Bertz CT molecular complexity index is 317. The summed E-state index contributed by atoms with van der Waals surface area (Å²) in [7, 11) is 0. The Balaban J connectivity index is 1.52. The quantitative estimate of drug-likeness (QED) is 0.786. The van der Waals surface area contributed by atoms with Crippen LogP contribution in [0.1, 0.15) is 19.8 Å². The van der Waals surface area contributed by atoms with Gasteiger partial charge in [0, 0.05) is 17.0 Å². The Morgan fingerprint density at radius 1 is 1.35 bits per heavy atom. The Kier molecular flexibility index (Phi) is 5.20. The van der Waals surface area contributed by atoms with Gasteiger partial charge >= 0.3 is 0 Å². The average molecular weight is 251 g/mol. The summed E-state index contributed by atoms with van der Waals surface area (Å²) in [6, 6.07) is 10.7. The minimum atomic E-state index is 0.715. The first-order valence-electron chi connectivity index (χ1n) is 6.37. The third-order valence-electron chi connectivity index (χ3n) is 2.96. The van der Waals surface area contributed by atoms with E-state index in [0.29, 0.717) is 6.04 Å². The fraction of sp³-hybridized carbons (Fsp3) is 0.571. The highest BCUT2D eigenvalue weighted by atomic mass is 32.2. The van der Waals surface area contributed by atoms with E-state index in [4.69, 9.17) is 4.74 Å². The summed E-state index contributed by atoms with van der Waals surface area (Å²) >= 11 is 2.07. The van der Waals surface area contributed by atoms with Crippen LogP contribution in [0.2, 0.25) is 0 Å². The fourth-order valence-corrected chi connectivity index (χ4v) is 3.23. The molecule has 0 aromatic heterocycles. The van der Waals surface area contributed by atoms with Crippen molar-refractivity contribution >= 4 is 11.8 Å². The second-order valence-electron chi connectivity index (χ2n) is 4.55. The van der Waals surface area contributed by atoms with Crippen molar-refractivity contribution in [2.24, 2.45) is 0 Å². The van der Waals surface area contributed by atoms with Gasteiger partial charge in [-0.3, -0.25) is 0 Å². The van der Waals surface area contributed by atoms with E-state index < -0.39 is 0 Å². The third kappa shape index (κ3) is 4.60. The van der Waals surface area contributed by atoms with Crippen molar-refractivity contribution in [2.45, 2.75) is 31.1 Å². The molecule has 1 saturated heterocycles. The van der Waals surface area contributed by atoms with Crippen molar-refractivity contribution < 1.29 is 4.74 Å². The first kappa shape index (κ1) is 12.8. The lowest BCUT2D eigenvalue weighted by Gasteiger charge is -2.11. The zero-order valence-electron chi connectivity index (χ0n) is 10.4. The van der Waals surface area contributed by atoms with E-state index in [-0.39, 0.29) is 0 Å². The highest BCUT2D eigenvalue weighted by Crippen LogP contribution is 2.25. The van der Waals surface area contributed by atoms with Crippen molar-refractivity contribution in [3.8, 4) is 5.75 Å². The monoisotopic (exact) mass is 251 g/mol. The molecule has 1 heterocycles. The van der Waals surface area contributed by atoms with Crippen molar-refractivity contribution in [2.75, 3.05) is 18.9 Å². The van der Waals surface area contributed by atoms with Crippen molar-refractivity contribution in [3.63, 3.8) is 0 Å². The lowest BCUT2D eigenvalue weighted by atomic mass is 10.2. The molecular weight excluding hydrogens is 230 g/mol. The summed E-state index contributed by atoms with van der Waals surface area (Å²) in [5, 5.41) is 4.42. The van der Waals surface area contributed by atoms with E-state index in [0.717, 1.165) is 30.6 Å². The minimum Gasteiger partial charge on any atom is -0.494 e. The van der Waals surface area contributed by atoms with Crippen LogP contribution in [0.25, 0.3) is 0 Å². The summed E-state index contributed by atoms with van der Waals surface area (Å²) in [6.07, 6.45) is 2.38. The van der Waals surface area contributed by atoms with E-state index in [1.807, 2.05) is 30.3 Å². The molecule has 2 atom stereocenters. The number of nitrogens with one attached hydrogen (secondary N) is 1. The van der Waals surface area contributed by atoms with Crippen LogP contribution in [-0.2, 0) is 0 Å². The first-order valence-corrected chi connectivity index (χ1v) is 7.42. The molecule has 1 fully saturated rings. The summed E-state index contributed by atoms with van der Waals surface area (Å²) in [6.45, 7) is 4.17. The number of thioether (sulfide) groups is 1. The summed E-state index contributed by atoms with van der Waals surface area (Å²) in [5.74, 6) is 2.23. The topological polar surface area (TPSA) is 21.3 Å². The fourth-order valence-electron chi connectivity index (χ4n) is 2.04. The van der Waals surface area contributed by atoms with Crippen LogP contribution in [-0.4, -0.2) is 30.2 Å². The summed E-state index contributed by atoms with van der Waals surface area (Å²) in [4.78, 5) is 0. The van der Waals surface area contributed by atoms with Gasteiger partial charge < -0.3 is 10.1 Å². The Hall–Kier alpha value is -0.670. The molecule has 1 N–H and O–H groups in total. The van der Waals surface area contributed by atoms with Crippen LogP contribution in [0.4, 0.5) is 0 Å². The minimum absolute atomic E-state index is 0.715. The van der Waals surface area contributed by atoms with Crippen molar-refractivity contribution in [3.05, 3.63) is 30.3 Å². The van der Waals surface area contributed by atoms with Gasteiger partial charge in [0.1, 0.15) is 5.75 Å². The smallest absolute Gasteiger partial charge is 0.119 e. The van der Waals surface area contributed by atoms with Crippen LogP contribution in [0.5, 0.6) is 5.75 Å². The van der Waals surface area contributed by atoms with E-state index >= 15 is 0 Å². The van der Waals surface area contributed by atoms with Crippen LogP contribution in [0, 0.1) is 0 Å². The number of benzene rings is 1. The maximum Gasteiger partial charge on any atom is 0.119 e. The Labute approximate surface area is 108 Å². The molecule has 0 saturated carbocycles. The van der Waals surface area contributed by atoms with Crippen molar-refractivity contribution in [1.29, 1.82) is 0 Å². The number of ether oxygens (including phenoxy) is 1. The number of hydrogen-bond donors (Lipinski definition) is 1. The standard InChI is InChI=1S/C14H21NOS/c1-12-10-13(11-17-12)15-8-5-9-16-14-6-3-2-4-7-14/h2-4,6-7,12-13,15H,5,8-11H2,1H3. The molecule has 1 aromatic carbocycles. The van der Waals surface area contributed by atoms with E-state index in [1.54, 1.807) is 0 Å². The van der Waals surface area contributed by atoms with Gasteiger partial charge in [0.25, 0.3) is 0 Å². The highest BCUT2D eigenvalue weighted by Gasteiger charge is 2.20. The maximum atomic E-state index is 5.65. The molecule has 3 heteroatoms. The third-order valence-corrected chi connectivity index (χ3v) is 4.32. The Morgan fingerprint density at radius 2 is 2.18 bits per heavy atom. The number of para-hydroxylation sites is 1. The molecule has 0 bridgehead atoms. The largest absolute Gasteiger partial charge is 0.494 e. The van der Waals surface area contributed by atoms with Gasteiger partial charge in [-0.25, -0.2) is 0 Å². The summed E-state index contributed by atoms with van der Waals surface area (Å²) in [5.41, 5.74) is 0. The molecule has 17 heavy (non-hydrogen) atoms. The molecule has 2 rings (SSSR count). The van der Waals surface area contributed by atoms with E-state index in [9.17, 15) is 0 Å². The molecule has 0 amide bonds. The predicted molar refractivity (Wildman–Crippen MR) is 74.9 cm³/mol. The molecule has 0 aliphatic carbocycles. The Morgan fingerprint density at radius 3 is 2.88 bits per heavy atom. The van der Waals surface area contributed by atoms with Gasteiger partial charge in [-0.15, -0.1) is 0 Å². The normalized spacial score (nSPS) is 23.8. The molecule has 1 aliphatic rings. The zero-order valence-corrected chi connectivity index (χ0v) is 11.2. The number of rotatable bonds is 6. The second-order valence-corrected chi connectivity index (χ2v) is 6.02. The zero-order chi connectivity index (χ0) is 11.9. The van der Waals surface area contributed by atoms with Crippen LogP contribution < -0.4 is 10.1 Å². The van der Waals surface area contributed by atoms with Gasteiger partial charge in [0.05, 0.1) is 6.61 Å². The van der Waals surface area contributed by atoms with Gasteiger partial charge in [0.15, 0.2) is 0 Å². The number of hydrogen-bond acceptors (Lipinski definition) is 3. The van der Waals surface area contributed by atoms with Gasteiger partial charge in [-0.2, -0.15) is 11.8 Å². The van der Waals surface area contributed by atoms with Crippen LogP contribution in [0.3, 0.4) is 0 Å². The van der Waals surface area contributed by atoms with Gasteiger partial charge in [-0.05, 0) is 31.5 Å². The predicted octanol–water partition coefficient (Wildman–Crippen LogP) is 2.94. The molecular formula is C14H21NOS. The van der Waals surface area contributed by atoms with E-state index in [2.05, 4.69) is 24.0 Å². The molecule has 1 aromatic rings. The molecule has 2 unspecified atom stereocenters. The lowest BCUT2D eigenvalue weighted by molar-refractivity contribution is 0.305. The van der Waals surface area contributed by atoms with E-state index in [1.165, 1.54) is 12.2 Å². The van der Waals surface area contributed by atoms with Gasteiger partial charge in [0.2, 0.25) is 0 Å². The SMILES string of the molecule is CC1CC(NCCCOc2ccccc2)CS1. The van der Waals surface area contributed by atoms with Crippen molar-refractivity contribution in [1.82, 2.24) is 5.32 Å². The lowest BCUT2D eigenvalue weighted by Crippen LogP contribution is -2.30. The first-order chi connectivity index (χ1) is 8.34. The maximum absolute atomic E-state index is 5.65. The molecule has 0 radical (unpaired) electrons. The van der Waals surface area contributed by atoms with Gasteiger partial charge in [-0.1, -0.05) is 25.1 Å². The molecule has 94 valence electrons.